The molecule has 0 aliphatic carbocycles. The van der Waals surface area contributed by atoms with Crippen molar-refractivity contribution in [1.29, 1.82) is 0 Å². The van der Waals surface area contributed by atoms with Crippen LogP contribution in [0, 0.1) is 0 Å². The molecule has 1 aromatic carbocycles. The summed E-state index contributed by atoms with van der Waals surface area (Å²) in [6, 6.07) is 12.2. The van der Waals surface area contributed by atoms with Gasteiger partial charge >= 0.3 is 11.9 Å². The highest BCUT2D eigenvalue weighted by molar-refractivity contribution is 7.15. The number of rotatable bonds is 9. The fourth-order valence-corrected chi connectivity index (χ4v) is 4.62. The Balaban J connectivity index is 0.000000325. The Bertz CT molecular complexity index is 1120. The number of benzene rings is 1. The van der Waals surface area contributed by atoms with E-state index in [4.69, 9.17) is 26.2 Å². The number of aryl methyl sites for hydroxylation is 1. The van der Waals surface area contributed by atoms with Crippen molar-refractivity contribution in [1.82, 2.24) is 19.9 Å². The number of thiazole rings is 1. The van der Waals surface area contributed by atoms with Crippen LogP contribution in [0.25, 0.3) is 11.3 Å². The molecule has 0 amide bonds. The number of aliphatic carboxylic acids is 2. The minimum Gasteiger partial charge on any atom is -0.479 e. The van der Waals surface area contributed by atoms with E-state index in [9.17, 15) is 9.59 Å². The summed E-state index contributed by atoms with van der Waals surface area (Å²) in [6.07, 6.45) is 1.21. The molecule has 1 aliphatic rings. The van der Waals surface area contributed by atoms with Gasteiger partial charge < -0.3 is 31.1 Å². The number of aromatic nitrogens is 3. The molecular weight excluding hydrogens is 500 g/mol. The number of piperazine rings is 1. The number of nitrogens with two attached hydrogens (primary N) is 1. The summed E-state index contributed by atoms with van der Waals surface area (Å²) in [4.78, 5) is 38.9. The van der Waals surface area contributed by atoms with Crippen molar-refractivity contribution in [3.8, 4) is 11.3 Å². The Morgan fingerprint density at radius 3 is 2.11 bits per heavy atom. The summed E-state index contributed by atoms with van der Waals surface area (Å²) in [7, 11) is 0. The summed E-state index contributed by atoms with van der Waals surface area (Å²) in [5, 5.41) is 33.2. The second kappa shape index (κ2) is 13.6. The number of hydrogen-bond donors (Lipinski definition) is 5. The smallest absolute Gasteiger partial charge is 0.335 e. The van der Waals surface area contributed by atoms with Gasteiger partial charge in [-0.1, -0.05) is 30.3 Å². The molecule has 1 aliphatic heterocycles. The molecule has 2 atom stereocenters. The normalized spacial score (nSPS) is 15.4. The lowest BCUT2D eigenvalue weighted by Crippen LogP contribution is -2.47. The molecule has 2 unspecified atom stereocenters. The van der Waals surface area contributed by atoms with E-state index in [1.165, 1.54) is 4.88 Å². The first-order valence-electron chi connectivity index (χ1n) is 11.6. The minimum absolute atomic E-state index is 0.653. The van der Waals surface area contributed by atoms with E-state index in [2.05, 4.69) is 36.9 Å². The van der Waals surface area contributed by atoms with Crippen LogP contribution in [0.2, 0.25) is 0 Å². The Hall–Kier alpha value is -3.65. The molecule has 4 rings (SSSR count). The zero-order valence-electron chi connectivity index (χ0n) is 20.1. The van der Waals surface area contributed by atoms with Crippen LogP contribution in [0.4, 0.5) is 11.1 Å². The van der Waals surface area contributed by atoms with Crippen LogP contribution < -0.4 is 10.6 Å². The molecule has 3 heterocycles. The van der Waals surface area contributed by atoms with Gasteiger partial charge in [-0.3, -0.25) is 4.90 Å². The minimum atomic E-state index is -2.27. The van der Waals surface area contributed by atoms with Crippen LogP contribution in [0.5, 0.6) is 0 Å². The maximum Gasteiger partial charge on any atom is 0.335 e. The fraction of sp³-hybridized carbons (Fsp3) is 0.375. The lowest BCUT2D eigenvalue weighted by molar-refractivity contribution is -0.165. The van der Waals surface area contributed by atoms with Gasteiger partial charge in [0.25, 0.3) is 0 Å². The Labute approximate surface area is 217 Å². The summed E-state index contributed by atoms with van der Waals surface area (Å²) >= 11 is 1.62. The number of aliphatic hydroxyl groups is 2. The summed E-state index contributed by atoms with van der Waals surface area (Å²) in [5.74, 6) is -2.70. The van der Waals surface area contributed by atoms with E-state index in [-0.39, 0.29) is 0 Å². The monoisotopic (exact) mass is 530 g/mol. The second-order valence-electron chi connectivity index (χ2n) is 8.24. The van der Waals surface area contributed by atoms with Gasteiger partial charge in [0, 0.05) is 49.0 Å². The van der Waals surface area contributed by atoms with Crippen molar-refractivity contribution in [3.63, 3.8) is 0 Å². The first kappa shape index (κ1) is 27.9. The zero-order chi connectivity index (χ0) is 26.8. The van der Waals surface area contributed by atoms with Gasteiger partial charge in [0.15, 0.2) is 17.3 Å². The molecule has 198 valence electrons. The van der Waals surface area contributed by atoms with Crippen LogP contribution in [-0.2, 0) is 16.0 Å². The number of hydrogen-bond acceptors (Lipinski definition) is 11. The van der Waals surface area contributed by atoms with Crippen LogP contribution in [0.3, 0.4) is 0 Å². The maximum atomic E-state index is 9.77. The van der Waals surface area contributed by atoms with Crippen molar-refractivity contribution < 1.29 is 30.0 Å². The van der Waals surface area contributed by atoms with Crippen LogP contribution in [-0.4, -0.2) is 97.1 Å². The molecule has 0 radical (unpaired) electrons. The first-order valence-corrected chi connectivity index (χ1v) is 12.4. The summed E-state index contributed by atoms with van der Waals surface area (Å²) < 4.78 is 0. The molecule has 12 nitrogen and oxygen atoms in total. The van der Waals surface area contributed by atoms with E-state index < -0.39 is 24.1 Å². The average Bonchev–Trinajstić information content (AvgIpc) is 3.29. The van der Waals surface area contributed by atoms with E-state index in [1.54, 1.807) is 23.7 Å². The standard InChI is InChI=1S/C20H24N6S.C4H6O6/c21-19-24-18(16-6-2-1-3-7-16)17(27-19)8-4-11-25-12-14-26(15-13-25)20-22-9-5-10-23-20;5-1(3(7)8)2(6)4(9)10/h1-3,5-7,9-10H,4,8,11-15H2,(H2,21,24);1-2,5-6H,(H,7,8)(H,9,10). The predicted octanol–water partition coefficient (Wildman–Crippen LogP) is 0.814. The van der Waals surface area contributed by atoms with Gasteiger partial charge in [0.05, 0.1) is 5.69 Å². The number of anilines is 2. The van der Waals surface area contributed by atoms with Crippen molar-refractivity contribution in [2.24, 2.45) is 0 Å². The van der Waals surface area contributed by atoms with Gasteiger partial charge in [-0.05, 0) is 25.5 Å². The third kappa shape index (κ3) is 8.18. The molecule has 13 heteroatoms. The quantitative estimate of drug-likeness (QED) is 0.262. The van der Waals surface area contributed by atoms with E-state index in [0.717, 1.165) is 62.8 Å². The van der Waals surface area contributed by atoms with Gasteiger partial charge in [-0.2, -0.15) is 0 Å². The topological polar surface area (TPSA) is 186 Å². The van der Waals surface area contributed by atoms with E-state index in [0.29, 0.717) is 5.13 Å². The van der Waals surface area contributed by atoms with E-state index in [1.807, 2.05) is 24.3 Å². The van der Waals surface area contributed by atoms with Crippen LogP contribution in [0.15, 0.2) is 48.8 Å². The third-order valence-electron chi connectivity index (χ3n) is 5.65. The van der Waals surface area contributed by atoms with Crippen LogP contribution in [0.1, 0.15) is 11.3 Å². The molecule has 37 heavy (non-hydrogen) atoms. The number of carboxylic acid groups (broad SMARTS) is 2. The zero-order valence-corrected chi connectivity index (χ0v) is 20.9. The number of nitrogens with zero attached hydrogens (tertiary/aromatic N) is 5. The lowest BCUT2D eigenvalue weighted by atomic mass is 10.1. The van der Waals surface area contributed by atoms with Gasteiger partial charge in [-0.25, -0.2) is 24.5 Å². The summed E-state index contributed by atoms with van der Waals surface area (Å²) in [5.41, 5.74) is 8.18. The maximum absolute atomic E-state index is 9.77. The average molecular weight is 531 g/mol. The van der Waals surface area contributed by atoms with Crippen molar-refractivity contribution >= 4 is 34.4 Å². The molecule has 1 fully saturated rings. The second-order valence-corrected chi connectivity index (χ2v) is 9.35. The Morgan fingerprint density at radius 2 is 1.54 bits per heavy atom. The lowest BCUT2D eigenvalue weighted by Gasteiger charge is -2.34. The predicted molar refractivity (Wildman–Crippen MR) is 138 cm³/mol. The molecular formula is C24H30N6O6S. The number of aliphatic hydroxyl groups excluding tert-OH is 2. The summed E-state index contributed by atoms with van der Waals surface area (Å²) in [6.45, 7) is 5.15. The molecule has 2 aromatic heterocycles. The highest BCUT2D eigenvalue weighted by Crippen LogP contribution is 2.30. The largest absolute Gasteiger partial charge is 0.479 e. The van der Waals surface area contributed by atoms with E-state index >= 15 is 0 Å². The number of nitrogen functional groups attached to an aromatic ring is 1. The third-order valence-corrected chi connectivity index (χ3v) is 6.60. The molecule has 6 N–H and O–H groups in total. The fourth-order valence-electron chi connectivity index (χ4n) is 3.72. The van der Waals surface area contributed by atoms with Crippen LogP contribution >= 0.6 is 11.3 Å². The molecule has 0 spiro atoms. The highest BCUT2D eigenvalue weighted by Gasteiger charge is 2.29. The number of carboxylic acids is 2. The molecule has 3 aromatic rings. The Morgan fingerprint density at radius 1 is 0.946 bits per heavy atom. The first-order chi connectivity index (χ1) is 17.8. The Kier molecular flexibility index (Phi) is 10.3. The SMILES string of the molecule is Nc1nc(-c2ccccc2)c(CCCN2CCN(c3ncccn3)CC2)s1.O=C(O)C(O)C(O)C(=O)O. The molecule has 0 saturated carbocycles. The van der Waals surface area contributed by atoms with Gasteiger partial charge in [0.1, 0.15) is 0 Å². The molecule has 1 saturated heterocycles. The number of carbonyl (C=O) groups is 2. The highest BCUT2D eigenvalue weighted by atomic mass is 32.1. The van der Waals surface area contributed by atoms with Gasteiger partial charge in [-0.15, -0.1) is 11.3 Å². The van der Waals surface area contributed by atoms with Crippen molar-refractivity contribution in [2.45, 2.75) is 25.0 Å². The van der Waals surface area contributed by atoms with Crippen molar-refractivity contribution in [3.05, 3.63) is 53.7 Å². The van der Waals surface area contributed by atoms with Crippen molar-refractivity contribution in [2.75, 3.05) is 43.4 Å². The molecule has 0 bridgehead atoms. The van der Waals surface area contributed by atoms with Gasteiger partial charge in [0.2, 0.25) is 5.95 Å².